The third-order valence-electron chi connectivity index (χ3n) is 4.28. The monoisotopic (exact) mass is 290 g/mol. The van der Waals surface area contributed by atoms with Gasteiger partial charge in [0.1, 0.15) is 11.6 Å². The number of anilines is 2. The van der Waals surface area contributed by atoms with Gasteiger partial charge in [-0.1, -0.05) is 13.0 Å². The molecule has 3 rings (SSSR count). The molecule has 2 saturated heterocycles. The molecule has 2 aliphatic rings. The Hall–Kier alpha value is -1.33. The maximum atomic E-state index is 5.96. The summed E-state index contributed by atoms with van der Waals surface area (Å²) < 4.78 is 5.96. The molecule has 1 aromatic rings. The first-order chi connectivity index (χ1) is 10.3. The second-order valence-corrected chi connectivity index (χ2v) is 5.96. The van der Waals surface area contributed by atoms with E-state index in [0.717, 1.165) is 44.3 Å². The number of nitrogens with one attached hydrogen (secondary N) is 2. The van der Waals surface area contributed by atoms with Gasteiger partial charge in [0.05, 0.1) is 12.7 Å². The van der Waals surface area contributed by atoms with Crippen molar-refractivity contribution in [1.82, 2.24) is 9.88 Å². The van der Waals surface area contributed by atoms with E-state index in [1.54, 1.807) is 0 Å². The maximum Gasteiger partial charge on any atom is 0.128 e. The Kier molecular flexibility index (Phi) is 4.93. The minimum absolute atomic E-state index is 0.272. The molecule has 2 unspecified atom stereocenters. The standard InChI is InChI=1S/C16H26N4O/c1-2-8-17-15-6-3-7-16(19-15)18-10-14-11-20-9-4-5-13(20)12-21-14/h3,6-7,13-14H,2,4-5,8-12H2,1H3,(H2,17,18,19). The highest BCUT2D eigenvalue weighted by molar-refractivity contribution is 5.45. The molecule has 2 atom stereocenters. The summed E-state index contributed by atoms with van der Waals surface area (Å²) in [4.78, 5) is 7.14. The van der Waals surface area contributed by atoms with Crippen molar-refractivity contribution >= 4 is 11.6 Å². The largest absolute Gasteiger partial charge is 0.373 e. The van der Waals surface area contributed by atoms with Crippen LogP contribution in [0.2, 0.25) is 0 Å². The van der Waals surface area contributed by atoms with Gasteiger partial charge in [0.15, 0.2) is 0 Å². The van der Waals surface area contributed by atoms with Gasteiger partial charge < -0.3 is 15.4 Å². The molecule has 1 aromatic heterocycles. The summed E-state index contributed by atoms with van der Waals surface area (Å²) in [5.74, 6) is 1.86. The SMILES string of the molecule is CCCNc1cccc(NCC2CN3CCCC3CO2)n1. The summed E-state index contributed by atoms with van der Waals surface area (Å²) in [6, 6.07) is 6.72. The van der Waals surface area contributed by atoms with Gasteiger partial charge in [-0.05, 0) is 37.9 Å². The molecule has 0 spiro atoms. The highest BCUT2D eigenvalue weighted by Gasteiger charge is 2.31. The van der Waals surface area contributed by atoms with Gasteiger partial charge in [-0.15, -0.1) is 0 Å². The molecular weight excluding hydrogens is 264 g/mol. The van der Waals surface area contributed by atoms with Crippen LogP contribution in [-0.4, -0.2) is 54.8 Å². The van der Waals surface area contributed by atoms with Crippen molar-refractivity contribution in [3.05, 3.63) is 18.2 Å². The molecule has 3 heterocycles. The van der Waals surface area contributed by atoms with Crippen LogP contribution in [0.25, 0.3) is 0 Å². The molecular formula is C16H26N4O. The molecule has 0 amide bonds. The summed E-state index contributed by atoms with van der Waals surface area (Å²) in [5, 5.41) is 6.72. The van der Waals surface area contributed by atoms with E-state index in [9.17, 15) is 0 Å². The van der Waals surface area contributed by atoms with E-state index in [0.29, 0.717) is 6.04 Å². The fraction of sp³-hybridized carbons (Fsp3) is 0.688. The lowest BCUT2D eigenvalue weighted by atomic mass is 10.2. The highest BCUT2D eigenvalue weighted by atomic mass is 16.5. The van der Waals surface area contributed by atoms with E-state index >= 15 is 0 Å². The molecule has 0 radical (unpaired) electrons. The Morgan fingerprint density at radius 1 is 1.33 bits per heavy atom. The van der Waals surface area contributed by atoms with Crippen LogP contribution in [0, 0.1) is 0 Å². The second kappa shape index (κ2) is 7.09. The van der Waals surface area contributed by atoms with Crippen LogP contribution in [0.15, 0.2) is 18.2 Å². The molecule has 5 heteroatoms. The molecule has 0 saturated carbocycles. The van der Waals surface area contributed by atoms with E-state index in [4.69, 9.17) is 4.74 Å². The molecule has 21 heavy (non-hydrogen) atoms. The molecule has 0 aromatic carbocycles. The molecule has 2 N–H and O–H groups in total. The summed E-state index contributed by atoms with van der Waals surface area (Å²) in [6.45, 7) is 7.11. The number of nitrogens with zero attached hydrogens (tertiary/aromatic N) is 2. The fourth-order valence-corrected chi connectivity index (χ4v) is 3.11. The van der Waals surface area contributed by atoms with Gasteiger partial charge in [-0.25, -0.2) is 4.98 Å². The van der Waals surface area contributed by atoms with Crippen LogP contribution in [0.5, 0.6) is 0 Å². The number of rotatable bonds is 6. The molecule has 0 bridgehead atoms. The lowest BCUT2D eigenvalue weighted by Crippen LogP contribution is -2.48. The zero-order valence-corrected chi connectivity index (χ0v) is 12.8. The average Bonchev–Trinajstić information content (AvgIpc) is 2.99. The van der Waals surface area contributed by atoms with Crippen LogP contribution in [0.3, 0.4) is 0 Å². The van der Waals surface area contributed by atoms with E-state index in [-0.39, 0.29) is 6.10 Å². The third kappa shape index (κ3) is 3.86. The Morgan fingerprint density at radius 2 is 2.19 bits per heavy atom. The van der Waals surface area contributed by atoms with Gasteiger partial charge in [-0.2, -0.15) is 0 Å². The first kappa shape index (κ1) is 14.6. The minimum atomic E-state index is 0.272. The van der Waals surface area contributed by atoms with Crippen molar-refractivity contribution in [2.24, 2.45) is 0 Å². The summed E-state index contributed by atoms with van der Waals surface area (Å²) in [6.07, 6.45) is 3.99. The third-order valence-corrected chi connectivity index (χ3v) is 4.28. The zero-order valence-electron chi connectivity index (χ0n) is 12.8. The number of ether oxygens (including phenoxy) is 1. The molecule has 2 fully saturated rings. The average molecular weight is 290 g/mol. The quantitative estimate of drug-likeness (QED) is 0.841. The Morgan fingerprint density at radius 3 is 3.05 bits per heavy atom. The van der Waals surface area contributed by atoms with E-state index < -0.39 is 0 Å². The van der Waals surface area contributed by atoms with Crippen molar-refractivity contribution < 1.29 is 4.74 Å². The van der Waals surface area contributed by atoms with Crippen molar-refractivity contribution in [3.63, 3.8) is 0 Å². The highest BCUT2D eigenvalue weighted by Crippen LogP contribution is 2.22. The van der Waals surface area contributed by atoms with Crippen LogP contribution < -0.4 is 10.6 Å². The number of pyridine rings is 1. The number of fused-ring (bicyclic) bond motifs is 1. The molecule has 116 valence electrons. The van der Waals surface area contributed by atoms with E-state index in [2.05, 4.69) is 27.4 Å². The summed E-state index contributed by atoms with van der Waals surface area (Å²) in [5.41, 5.74) is 0. The summed E-state index contributed by atoms with van der Waals surface area (Å²) in [7, 11) is 0. The molecule has 2 aliphatic heterocycles. The predicted octanol–water partition coefficient (Wildman–Crippen LogP) is 2.18. The van der Waals surface area contributed by atoms with Gasteiger partial charge in [0.25, 0.3) is 0 Å². The topological polar surface area (TPSA) is 49.4 Å². The van der Waals surface area contributed by atoms with E-state index in [1.807, 2.05) is 18.2 Å². The first-order valence-electron chi connectivity index (χ1n) is 8.15. The van der Waals surface area contributed by atoms with Crippen molar-refractivity contribution in [3.8, 4) is 0 Å². The maximum absolute atomic E-state index is 5.96. The van der Waals surface area contributed by atoms with Crippen molar-refractivity contribution in [1.29, 1.82) is 0 Å². The Labute approximate surface area is 127 Å². The lowest BCUT2D eigenvalue weighted by molar-refractivity contribution is -0.0416. The Bertz CT molecular complexity index is 454. The van der Waals surface area contributed by atoms with Crippen LogP contribution >= 0.6 is 0 Å². The Balaban J connectivity index is 1.48. The van der Waals surface area contributed by atoms with Gasteiger partial charge in [0.2, 0.25) is 0 Å². The van der Waals surface area contributed by atoms with Crippen LogP contribution in [-0.2, 0) is 4.74 Å². The normalized spacial score (nSPS) is 25.6. The lowest BCUT2D eigenvalue weighted by Gasteiger charge is -2.35. The fourth-order valence-electron chi connectivity index (χ4n) is 3.11. The summed E-state index contributed by atoms with van der Waals surface area (Å²) >= 11 is 0. The van der Waals surface area contributed by atoms with Crippen LogP contribution in [0.4, 0.5) is 11.6 Å². The second-order valence-electron chi connectivity index (χ2n) is 5.96. The minimum Gasteiger partial charge on any atom is -0.373 e. The number of hydrogen-bond donors (Lipinski definition) is 2. The molecule has 5 nitrogen and oxygen atoms in total. The van der Waals surface area contributed by atoms with Gasteiger partial charge in [0, 0.05) is 25.7 Å². The number of hydrogen-bond acceptors (Lipinski definition) is 5. The zero-order chi connectivity index (χ0) is 14.5. The number of aromatic nitrogens is 1. The van der Waals surface area contributed by atoms with Gasteiger partial charge >= 0.3 is 0 Å². The van der Waals surface area contributed by atoms with Gasteiger partial charge in [-0.3, -0.25) is 4.90 Å². The smallest absolute Gasteiger partial charge is 0.128 e. The van der Waals surface area contributed by atoms with Crippen molar-refractivity contribution in [2.75, 3.05) is 43.4 Å². The predicted molar refractivity (Wildman–Crippen MR) is 85.8 cm³/mol. The number of morpholine rings is 1. The van der Waals surface area contributed by atoms with E-state index in [1.165, 1.54) is 19.4 Å². The molecule has 0 aliphatic carbocycles. The first-order valence-corrected chi connectivity index (χ1v) is 8.15. The van der Waals surface area contributed by atoms with Crippen LogP contribution in [0.1, 0.15) is 26.2 Å². The van der Waals surface area contributed by atoms with Crippen molar-refractivity contribution in [2.45, 2.75) is 38.3 Å².